The van der Waals surface area contributed by atoms with Gasteiger partial charge in [0, 0.05) is 6.42 Å². The van der Waals surface area contributed by atoms with Crippen LogP contribution in [0.4, 0.5) is 0 Å². The smallest absolute Gasteiger partial charge is 0.108 e. The fraction of sp³-hybridized carbons (Fsp3) is 0.714. The molecule has 0 amide bonds. The highest BCUT2D eigenvalue weighted by atomic mass is 79.9. The number of allylic oxidation sites excluding steroid dienone is 1. The maximum atomic E-state index is 9.15. The number of nitrogens with zero attached hydrogens (tertiary/aromatic N) is 1. The highest BCUT2D eigenvalue weighted by molar-refractivity contribution is 4.64. The molecule has 3 heteroatoms. The lowest BCUT2D eigenvalue weighted by molar-refractivity contribution is -1.07. The Morgan fingerprint density at radius 1 is 1.50 bits per heavy atom. The van der Waals surface area contributed by atoms with Crippen LogP contribution in [-0.2, 0) is 0 Å². The van der Waals surface area contributed by atoms with Gasteiger partial charge in [0.2, 0.25) is 0 Å². The zero-order valence-corrected chi connectivity index (χ0v) is 8.26. The van der Waals surface area contributed by atoms with Crippen LogP contribution in [0.1, 0.15) is 12.8 Å². The molecule has 0 bridgehead atoms. The van der Waals surface area contributed by atoms with Crippen molar-refractivity contribution >= 4 is 0 Å². The van der Waals surface area contributed by atoms with Gasteiger partial charge >= 0.3 is 0 Å². The van der Waals surface area contributed by atoms with Gasteiger partial charge in [-0.1, -0.05) is 6.08 Å². The van der Waals surface area contributed by atoms with Gasteiger partial charge in [-0.15, -0.1) is 6.58 Å². The average molecular weight is 210 g/mol. The minimum Gasteiger partial charge on any atom is -1.00 e. The predicted octanol–water partition coefficient (Wildman–Crippen LogP) is -1.58. The van der Waals surface area contributed by atoms with E-state index in [1.807, 2.05) is 6.08 Å². The van der Waals surface area contributed by atoms with Gasteiger partial charge in [-0.2, -0.15) is 4.65 Å². The first-order valence-corrected chi connectivity index (χ1v) is 3.23. The molecule has 10 heavy (non-hydrogen) atoms. The molecule has 0 aromatic carbocycles. The highest BCUT2D eigenvalue weighted by Gasteiger charge is 2.07. The molecule has 0 unspecified atom stereocenters. The van der Waals surface area contributed by atoms with Crippen molar-refractivity contribution in [2.75, 3.05) is 20.6 Å². The van der Waals surface area contributed by atoms with E-state index in [2.05, 4.69) is 6.58 Å². The quantitative estimate of drug-likeness (QED) is 0.257. The molecule has 0 spiro atoms. The molecule has 0 atom stereocenters. The lowest BCUT2D eigenvalue weighted by atomic mass is 10.3. The molecule has 0 aliphatic carbocycles. The number of quaternary nitrogens is 1. The largest absolute Gasteiger partial charge is 1.00 e. The summed E-state index contributed by atoms with van der Waals surface area (Å²) in [5, 5.41) is 9.15. The second-order valence-electron chi connectivity index (χ2n) is 2.78. The summed E-state index contributed by atoms with van der Waals surface area (Å²) in [6.07, 6.45) is 3.87. The maximum Gasteiger partial charge on any atom is 0.108 e. The Bertz CT molecular complexity index is 88.1. The van der Waals surface area contributed by atoms with Crippen molar-refractivity contribution < 1.29 is 26.8 Å². The van der Waals surface area contributed by atoms with Gasteiger partial charge in [0.15, 0.2) is 0 Å². The Morgan fingerprint density at radius 3 is 2.30 bits per heavy atom. The van der Waals surface area contributed by atoms with Crippen LogP contribution in [0.5, 0.6) is 0 Å². The van der Waals surface area contributed by atoms with Crippen molar-refractivity contribution in [3.05, 3.63) is 12.7 Å². The van der Waals surface area contributed by atoms with E-state index in [1.54, 1.807) is 14.1 Å². The predicted molar refractivity (Wildman–Crippen MR) is 38.2 cm³/mol. The maximum absolute atomic E-state index is 9.15. The van der Waals surface area contributed by atoms with Crippen molar-refractivity contribution in [1.82, 2.24) is 0 Å². The molecule has 62 valence electrons. The number of halogens is 1. The van der Waals surface area contributed by atoms with Gasteiger partial charge in [-0.3, -0.25) is 0 Å². The summed E-state index contributed by atoms with van der Waals surface area (Å²) in [5.74, 6) is 0. The molecule has 0 heterocycles. The van der Waals surface area contributed by atoms with Gasteiger partial charge in [0.05, 0.1) is 14.1 Å². The first-order valence-electron chi connectivity index (χ1n) is 3.23. The average Bonchev–Trinajstić information content (AvgIpc) is 1.63. The summed E-state index contributed by atoms with van der Waals surface area (Å²) in [4.78, 5) is 0. The Kier molecular flexibility index (Phi) is 7.53. The van der Waals surface area contributed by atoms with Gasteiger partial charge in [-0.25, -0.2) is 5.21 Å². The molecule has 0 aromatic heterocycles. The van der Waals surface area contributed by atoms with Crippen molar-refractivity contribution in [3.8, 4) is 0 Å². The molecular formula is C7H16BrNO. The van der Waals surface area contributed by atoms with E-state index in [9.17, 15) is 0 Å². The van der Waals surface area contributed by atoms with Crippen molar-refractivity contribution in [1.29, 1.82) is 0 Å². The van der Waals surface area contributed by atoms with Crippen LogP contribution in [0, 0.1) is 0 Å². The Hall–Kier alpha value is 0.140. The summed E-state index contributed by atoms with van der Waals surface area (Å²) < 4.78 is 0.0633. The molecule has 0 radical (unpaired) electrons. The lowest BCUT2D eigenvalue weighted by Crippen LogP contribution is -3.00. The van der Waals surface area contributed by atoms with Crippen LogP contribution in [0.25, 0.3) is 0 Å². The molecule has 2 nitrogen and oxygen atoms in total. The van der Waals surface area contributed by atoms with E-state index in [4.69, 9.17) is 5.21 Å². The van der Waals surface area contributed by atoms with Gasteiger partial charge in [0.1, 0.15) is 6.54 Å². The minimum atomic E-state index is 0. The first kappa shape index (κ1) is 12.8. The summed E-state index contributed by atoms with van der Waals surface area (Å²) in [5.41, 5.74) is 0. The third kappa shape index (κ3) is 11.0. The number of hydroxylamine groups is 3. The number of hydrogen-bond acceptors (Lipinski definition) is 1. The number of unbranched alkanes of at least 4 members (excludes halogenated alkanes) is 1. The molecule has 0 saturated carbocycles. The fourth-order valence-corrected chi connectivity index (χ4v) is 0.623. The van der Waals surface area contributed by atoms with Crippen LogP contribution in [0.2, 0.25) is 0 Å². The molecule has 0 saturated heterocycles. The normalized spacial score (nSPS) is 10.3. The van der Waals surface area contributed by atoms with Crippen LogP contribution in [0.15, 0.2) is 12.7 Å². The van der Waals surface area contributed by atoms with Crippen molar-refractivity contribution in [3.63, 3.8) is 0 Å². The third-order valence-corrected chi connectivity index (χ3v) is 1.11. The van der Waals surface area contributed by atoms with Crippen LogP contribution >= 0.6 is 0 Å². The SMILES string of the molecule is C=CCCC[N+](C)(C)O.[Br-]. The molecule has 0 aromatic rings. The number of rotatable bonds is 4. The Balaban J connectivity index is 0. The summed E-state index contributed by atoms with van der Waals surface area (Å²) >= 11 is 0. The summed E-state index contributed by atoms with van der Waals surface area (Å²) in [7, 11) is 3.53. The van der Waals surface area contributed by atoms with E-state index in [0.29, 0.717) is 0 Å². The van der Waals surface area contributed by atoms with Crippen molar-refractivity contribution in [2.24, 2.45) is 0 Å². The summed E-state index contributed by atoms with van der Waals surface area (Å²) in [6, 6.07) is 0. The Labute approximate surface area is 73.5 Å². The second kappa shape index (κ2) is 5.89. The zero-order chi connectivity index (χ0) is 7.33. The fourth-order valence-electron chi connectivity index (χ4n) is 0.623. The van der Waals surface area contributed by atoms with E-state index in [-0.39, 0.29) is 21.6 Å². The number of hydrogen-bond donors (Lipinski definition) is 1. The van der Waals surface area contributed by atoms with E-state index in [0.717, 1.165) is 19.4 Å². The molecular weight excluding hydrogens is 194 g/mol. The van der Waals surface area contributed by atoms with Crippen LogP contribution in [0.3, 0.4) is 0 Å². The monoisotopic (exact) mass is 209 g/mol. The molecule has 0 fully saturated rings. The molecule has 0 aliphatic rings. The minimum absolute atomic E-state index is 0. The third-order valence-electron chi connectivity index (χ3n) is 1.11. The van der Waals surface area contributed by atoms with E-state index < -0.39 is 0 Å². The van der Waals surface area contributed by atoms with E-state index in [1.165, 1.54) is 0 Å². The first-order chi connectivity index (χ1) is 4.06. The lowest BCUT2D eigenvalue weighted by Gasteiger charge is -2.18. The molecule has 0 aliphatic heterocycles. The van der Waals surface area contributed by atoms with Gasteiger partial charge < -0.3 is 17.0 Å². The Morgan fingerprint density at radius 2 is 2.00 bits per heavy atom. The van der Waals surface area contributed by atoms with Gasteiger partial charge in [-0.05, 0) is 6.42 Å². The zero-order valence-electron chi connectivity index (χ0n) is 6.68. The van der Waals surface area contributed by atoms with E-state index >= 15 is 0 Å². The molecule has 0 rings (SSSR count). The standard InChI is InChI=1S/C7H16NO.BrH/c1-4-5-6-7-8(2,3)9;/h4,9H,1,5-7H2,2-3H3;1H/q+1;/p-1. The van der Waals surface area contributed by atoms with Crippen molar-refractivity contribution in [2.45, 2.75) is 12.8 Å². The second-order valence-corrected chi connectivity index (χ2v) is 2.78. The molecule has 1 N–H and O–H groups in total. The van der Waals surface area contributed by atoms with Crippen LogP contribution in [-0.4, -0.2) is 30.5 Å². The highest BCUT2D eigenvalue weighted by Crippen LogP contribution is 1.96. The summed E-state index contributed by atoms with van der Waals surface area (Å²) in [6.45, 7) is 4.39. The van der Waals surface area contributed by atoms with Gasteiger partial charge in [0.25, 0.3) is 0 Å². The van der Waals surface area contributed by atoms with Crippen LogP contribution < -0.4 is 17.0 Å². The topological polar surface area (TPSA) is 20.2 Å².